The zero-order chi connectivity index (χ0) is 44.6. The number of aliphatic carboxylic acids is 3. The molecule has 0 aliphatic carbocycles. The first kappa shape index (κ1) is 58.2. The van der Waals surface area contributed by atoms with Crippen molar-refractivity contribution in [1.29, 1.82) is 0 Å². The number of carboxylic acids is 3. The van der Waals surface area contributed by atoms with Crippen molar-refractivity contribution in [3.8, 4) is 0 Å². The molecule has 0 rings (SSSR count). The molecule has 21 N–H and O–H groups in total. The molecule has 3 radical (unpaired) electrons. The Balaban J connectivity index is -0.000000318. The third-order valence-corrected chi connectivity index (χ3v) is 7.61. The van der Waals surface area contributed by atoms with Gasteiger partial charge in [0.1, 0.15) is 18.3 Å². The van der Waals surface area contributed by atoms with E-state index in [9.17, 15) is 91.0 Å². The van der Waals surface area contributed by atoms with Crippen LogP contribution in [0.3, 0.4) is 0 Å². The fraction of sp³-hybridized carbons (Fsp3) is 0.893. The summed E-state index contributed by atoms with van der Waals surface area (Å²) in [6.45, 7) is 12.3. The fourth-order valence-electron chi connectivity index (χ4n) is 3.43. The molecule has 53 heavy (non-hydrogen) atoms. The molecule has 25 heteroatoms. The van der Waals surface area contributed by atoms with Crippen LogP contribution in [0.5, 0.6) is 0 Å². The van der Waals surface area contributed by atoms with Crippen molar-refractivity contribution in [3.05, 3.63) is 0 Å². The average molecular weight is 896 g/mol. The van der Waals surface area contributed by atoms with Crippen LogP contribution in [0, 0.1) is 0 Å². The van der Waals surface area contributed by atoms with Crippen molar-refractivity contribution in [1.82, 2.24) is 0 Å². The van der Waals surface area contributed by atoms with Gasteiger partial charge in [-0.2, -0.15) is 0 Å². The zero-order valence-electron chi connectivity index (χ0n) is 30.5. The van der Waals surface area contributed by atoms with Gasteiger partial charge in [0.05, 0.1) is 0 Å². The third kappa shape index (κ3) is 12.5. The number of hydrogen-bond acceptors (Lipinski definition) is 21. The molecule has 0 bridgehead atoms. The maximum absolute atomic E-state index is 10.7. The van der Waals surface area contributed by atoms with Crippen LogP contribution in [0.2, 0.25) is 3.43 Å². The molecule has 0 fully saturated rings. The van der Waals surface area contributed by atoms with Crippen molar-refractivity contribution in [2.24, 2.45) is 0 Å². The van der Waals surface area contributed by atoms with Crippen LogP contribution in [-0.4, -0.2) is 218 Å². The van der Waals surface area contributed by atoms with Gasteiger partial charge in [0.25, 0.3) is 17.4 Å². The van der Waals surface area contributed by atoms with E-state index in [0.717, 1.165) is 41.5 Å². The quantitative estimate of drug-likeness (QED) is 0.0536. The summed E-state index contributed by atoms with van der Waals surface area (Å²) >= 11 is 1.62. The normalized spacial score (nSPS) is 18.3. The van der Waals surface area contributed by atoms with E-state index in [-0.39, 0.29) is 0 Å². The second-order valence-corrected chi connectivity index (χ2v) is 17.3. The van der Waals surface area contributed by atoms with E-state index in [1.54, 1.807) is 22.5 Å². The predicted molar refractivity (Wildman–Crippen MR) is 172 cm³/mol. The summed E-state index contributed by atoms with van der Waals surface area (Å²) in [7, 11) is 0. The van der Waals surface area contributed by atoms with Crippen LogP contribution < -0.4 is 0 Å². The van der Waals surface area contributed by atoms with Crippen molar-refractivity contribution in [2.45, 2.75) is 155 Å². The second-order valence-electron chi connectivity index (χ2n) is 13.0. The molecule has 0 aromatic rings. The van der Waals surface area contributed by atoms with Gasteiger partial charge in [0.2, 0.25) is 34.2 Å². The van der Waals surface area contributed by atoms with Gasteiger partial charge < -0.3 is 107 Å². The van der Waals surface area contributed by atoms with Gasteiger partial charge in [0.15, 0.2) is 0 Å². The molecule has 0 aromatic heterocycles. The number of aliphatic hydroxyl groups is 18. The molecule has 24 nitrogen and oxygen atoms in total. The molecule has 0 saturated carbocycles. The molecule has 317 valence electrons. The summed E-state index contributed by atoms with van der Waals surface area (Å²) in [6, 6.07) is 0. The Bertz CT molecular complexity index is 1040. The van der Waals surface area contributed by atoms with Gasteiger partial charge in [-0.05, 0) is 40.0 Å². The molecular formula is C28H57O24Sn. The number of aliphatic hydroxyl groups excluding tert-OH is 3. The van der Waals surface area contributed by atoms with Gasteiger partial charge in [-0.15, -0.1) is 0 Å². The van der Waals surface area contributed by atoms with Crippen LogP contribution in [0.25, 0.3) is 0 Å². The second kappa shape index (κ2) is 19.6. The molecule has 0 aliphatic heterocycles. The first-order chi connectivity index (χ1) is 22.8. The molecule has 6 atom stereocenters. The number of carboxylic acid groups (broad SMARTS) is 3. The maximum atomic E-state index is 10.7. The van der Waals surface area contributed by atoms with Gasteiger partial charge in [-0.1, -0.05) is 20.8 Å². The predicted octanol–water partition coefficient (Wildman–Crippen LogP) is -7.76. The molecule has 0 saturated heterocycles. The Kier molecular flexibility index (Phi) is 21.5. The minimum atomic E-state index is -3.84. The van der Waals surface area contributed by atoms with E-state index in [1.165, 1.54) is 0 Å². The molecule has 0 amide bonds. The van der Waals surface area contributed by atoms with E-state index in [4.69, 9.17) is 30.6 Å². The van der Waals surface area contributed by atoms with Crippen LogP contribution >= 0.6 is 0 Å². The Morgan fingerprint density at radius 2 is 0.547 bits per heavy atom. The van der Waals surface area contributed by atoms with Crippen molar-refractivity contribution < 1.29 is 122 Å². The molecule has 0 aliphatic rings. The third-order valence-electron chi connectivity index (χ3n) is 7.61. The summed E-state index contributed by atoms with van der Waals surface area (Å²) < 4.78 is 0.590. The topological polar surface area (TPSA) is 476 Å². The van der Waals surface area contributed by atoms with Crippen molar-refractivity contribution >= 4 is 40.4 Å². The first-order valence-corrected chi connectivity index (χ1v) is 16.6. The van der Waals surface area contributed by atoms with Crippen LogP contribution in [0.4, 0.5) is 0 Å². The SMILES string of the molecule is CCC(O)(C(=O)O)C(O)(O)C(O)(O)C(C)O.CCC(O)(C(=O)O)C(O)(O)C(O)(O)C(C)O.CCC(O)(C(=O)O)C(O)(O)C(O)(O)C(C)O.C[C](C)(C)[Sn]. The Morgan fingerprint density at radius 3 is 0.604 bits per heavy atom. The van der Waals surface area contributed by atoms with E-state index < -0.39 is 107 Å². The Labute approximate surface area is 316 Å². The molecule has 0 spiro atoms. The van der Waals surface area contributed by atoms with Gasteiger partial charge in [-0.25, -0.2) is 14.4 Å². The van der Waals surface area contributed by atoms with Crippen LogP contribution in [-0.2, 0) is 14.4 Å². The minimum absolute atomic E-state index is 0.590. The zero-order valence-corrected chi connectivity index (χ0v) is 33.3. The van der Waals surface area contributed by atoms with E-state index >= 15 is 0 Å². The molecule has 0 aromatic carbocycles. The standard InChI is InChI=1S/3C8H16O8.C4H9.Sn/c3*1-3-6(12,5(10)11)8(15,16)7(13,14)4(2)9;1-4(2)3;/h3*4,9,12-16H,3H2,1-2H3,(H,10,11);1-3H3;. The summed E-state index contributed by atoms with van der Waals surface area (Å²) in [6.07, 6.45) is -8.44. The summed E-state index contributed by atoms with van der Waals surface area (Å²) in [5.74, 6) is -28.5. The first-order valence-electron chi connectivity index (χ1n) is 15.2. The summed E-state index contributed by atoms with van der Waals surface area (Å²) in [4.78, 5) is 32.1. The van der Waals surface area contributed by atoms with Crippen LogP contribution in [0.1, 0.15) is 81.6 Å². The number of hydrogen-bond donors (Lipinski definition) is 21. The number of carbonyl (C=O) groups is 3. The van der Waals surface area contributed by atoms with Crippen molar-refractivity contribution in [2.75, 3.05) is 0 Å². The van der Waals surface area contributed by atoms with E-state index in [2.05, 4.69) is 20.8 Å². The Hall–Kier alpha value is -1.51. The molecular weight excluding hydrogens is 839 g/mol. The monoisotopic (exact) mass is 897 g/mol. The summed E-state index contributed by atoms with van der Waals surface area (Å²) in [5, 5.41) is 193. The number of rotatable bonds is 15. The average Bonchev–Trinajstić information content (AvgIpc) is 2.98. The van der Waals surface area contributed by atoms with E-state index in [1.807, 2.05) is 0 Å². The summed E-state index contributed by atoms with van der Waals surface area (Å²) in [5.41, 5.74) is -9.69. The molecule has 0 heterocycles. The Morgan fingerprint density at radius 1 is 0.434 bits per heavy atom. The van der Waals surface area contributed by atoms with Gasteiger partial charge in [0, 0.05) is 0 Å². The van der Waals surface area contributed by atoms with Gasteiger partial charge in [-0.3, -0.25) is 0 Å². The van der Waals surface area contributed by atoms with Gasteiger partial charge >= 0.3 is 64.6 Å². The van der Waals surface area contributed by atoms with Crippen LogP contribution in [0.15, 0.2) is 0 Å². The van der Waals surface area contributed by atoms with E-state index in [0.29, 0.717) is 3.43 Å². The molecule has 6 unspecified atom stereocenters. The van der Waals surface area contributed by atoms with Crippen molar-refractivity contribution in [3.63, 3.8) is 0 Å². The fourth-order valence-corrected chi connectivity index (χ4v) is 3.43.